The number of nitrogens with zero attached hydrogens (tertiary/aromatic N) is 4. The summed E-state index contributed by atoms with van der Waals surface area (Å²) in [5.74, 6) is 0. The van der Waals surface area contributed by atoms with E-state index in [2.05, 4.69) is 48.5 Å². The number of nitrogens with one attached hydrogen (secondary N) is 2. The second-order valence-electron chi connectivity index (χ2n) is 10.3. The van der Waals surface area contributed by atoms with Crippen LogP contribution in [0.5, 0.6) is 0 Å². The van der Waals surface area contributed by atoms with Crippen molar-refractivity contribution >= 4 is 22.1 Å². The molecule has 2 N–H and O–H groups in total. The summed E-state index contributed by atoms with van der Waals surface area (Å²) in [5, 5.41) is 17.7. The lowest BCUT2D eigenvalue weighted by atomic mass is 10.2. The highest BCUT2D eigenvalue weighted by Crippen LogP contribution is 2.16. The number of ether oxygens (including phenoxy) is 2. The first-order valence-corrected chi connectivity index (χ1v) is 14.4. The Morgan fingerprint density at radius 2 is 0.738 bits per heavy atom. The standard InChI is InChI=1S/C34H36N6O2/c35-33-37(29-15-7-9-17-31(29)39(33)25-27-11-3-1-4-12-27)19-21-41-23-24-42-22-20-38-30-16-8-10-18-32(30)40(34(38)36)26-28-13-5-2-6-14-28/h1-18,35-36H,19-26H2. The first kappa shape index (κ1) is 27.5. The Labute approximate surface area is 244 Å². The van der Waals surface area contributed by atoms with Crippen LogP contribution in [0.3, 0.4) is 0 Å². The highest BCUT2D eigenvalue weighted by atomic mass is 16.5. The van der Waals surface area contributed by atoms with E-state index in [0.29, 0.717) is 63.8 Å². The van der Waals surface area contributed by atoms with E-state index in [-0.39, 0.29) is 0 Å². The molecule has 6 rings (SSSR count). The van der Waals surface area contributed by atoms with Gasteiger partial charge >= 0.3 is 0 Å². The Balaban J connectivity index is 1.01. The Morgan fingerprint density at radius 1 is 0.405 bits per heavy atom. The highest BCUT2D eigenvalue weighted by Gasteiger charge is 2.12. The van der Waals surface area contributed by atoms with Gasteiger partial charge in [-0.1, -0.05) is 84.9 Å². The molecular formula is C34H36N6O2. The van der Waals surface area contributed by atoms with Crippen molar-refractivity contribution in [3.63, 3.8) is 0 Å². The van der Waals surface area contributed by atoms with E-state index in [1.165, 1.54) is 11.1 Å². The van der Waals surface area contributed by atoms with E-state index in [1.807, 2.05) is 78.9 Å². The van der Waals surface area contributed by atoms with Gasteiger partial charge in [-0.15, -0.1) is 0 Å². The van der Waals surface area contributed by atoms with E-state index < -0.39 is 0 Å². The maximum absolute atomic E-state index is 8.84. The van der Waals surface area contributed by atoms with Crippen LogP contribution in [-0.2, 0) is 35.7 Å². The second kappa shape index (κ2) is 12.9. The SMILES string of the molecule is N=c1n(CCOCCOCCn2c(=N)n(Cc3ccccc3)c3ccccc32)c2ccccc2n1Cc1ccccc1. The summed E-state index contributed by atoms with van der Waals surface area (Å²) >= 11 is 0. The van der Waals surface area contributed by atoms with Crippen LogP contribution in [0, 0.1) is 10.8 Å². The van der Waals surface area contributed by atoms with Crippen LogP contribution in [0.4, 0.5) is 0 Å². The van der Waals surface area contributed by atoms with E-state index in [0.717, 1.165) is 22.1 Å². The fourth-order valence-electron chi connectivity index (χ4n) is 5.53. The van der Waals surface area contributed by atoms with Gasteiger partial charge in [-0.05, 0) is 35.4 Å². The molecule has 8 nitrogen and oxygen atoms in total. The molecule has 2 heterocycles. The van der Waals surface area contributed by atoms with Gasteiger partial charge in [-0.3, -0.25) is 10.8 Å². The molecule has 0 amide bonds. The molecule has 8 heteroatoms. The van der Waals surface area contributed by atoms with Crippen molar-refractivity contribution in [2.45, 2.75) is 26.2 Å². The topological polar surface area (TPSA) is 85.9 Å². The number of rotatable bonds is 13. The van der Waals surface area contributed by atoms with Gasteiger partial charge in [-0.2, -0.15) is 0 Å². The zero-order chi connectivity index (χ0) is 28.7. The average molecular weight is 561 g/mol. The second-order valence-corrected chi connectivity index (χ2v) is 10.3. The third-order valence-electron chi connectivity index (χ3n) is 7.61. The van der Waals surface area contributed by atoms with Gasteiger partial charge in [0.05, 0.1) is 61.6 Å². The fraction of sp³-hybridized carbons (Fsp3) is 0.235. The number of benzene rings is 4. The minimum Gasteiger partial charge on any atom is -0.377 e. The third kappa shape index (κ3) is 5.86. The fourth-order valence-corrected chi connectivity index (χ4v) is 5.53. The molecule has 42 heavy (non-hydrogen) atoms. The van der Waals surface area contributed by atoms with Crippen molar-refractivity contribution in [2.75, 3.05) is 26.4 Å². The van der Waals surface area contributed by atoms with Crippen LogP contribution in [0.25, 0.3) is 22.1 Å². The summed E-state index contributed by atoms with van der Waals surface area (Å²) in [6.07, 6.45) is 0. The summed E-state index contributed by atoms with van der Waals surface area (Å²) in [5.41, 5.74) is 7.44. The van der Waals surface area contributed by atoms with Crippen LogP contribution in [0.2, 0.25) is 0 Å². The molecule has 4 aromatic carbocycles. The Bertz CT molecular complexity index is 1740. The molecule has 0 saturated carbocycles. The van der Waals surface area contributed by atoms with Gasteiger partial charge < -0.3 is 27.7 Å². The molecule has 6 aromatic rings. The van der Waals surface area contributed by atoms with Crippen molar-refractivity contribution < 1.29 is 9.47 Å². The summed E-state index contributed by atoms with van der Waals surface area (Å²) in [6, 6.07) is 36.8. The monoisotopic (exact) mass is 560 g/mol. The largest absolute Gasteiger partial charge is 0.377 e. The lowest BCUT2D eigenvalue weighted by Gasteiger charge is -2.09. The molecule has 2 aromatic heterocycles. The van der Waals surface area contributed by atoms with E-state index in [4.69, 9.17) is 20.3 Å². The average Bonchev–Trinajstić information content (AvgIpc) is 3.45. The summed E-state index contributed by atoms with van der Waals surface area (Å²) < 4.78 is 19.9. The molecule has 0 unspecified atom stereocenters. The van der Waals surface area contributed by atoms with Gasteiger partial charge in [0.25, 0.3) is 0 Å². The molecule has 214 valence electrons. The first-order valence-electron chi connectivity index (χ1n) is 14.4. The molecule has 0 radical (unpaired) electrons. The maximum Gasteiger partial charge on any atom is 0.203 e. The molecule has 0 atom stereocenters. The Morgan fingerprint density at radius 3 is 1.12 bits per heavy atom. The molecular weight excluding hydrogens is 524 g/mol. The number of hydrogen-bond acceptors (Lipinski definition) is 4. The quantitative estimate of drug-likeness (QED) is 0.195. The van der Waals surface area contributed by atoms with E-state index in [9.17, 15) is 0 Å². The van der Waals surface area contributed by atoms with Gasteiger partial charge in [-0.25, -0.2) is 0 Å². The van der Waals surface area contributed by atoms with Crippen LogP contribution in [0.15, 0.2) is 109 Å². The van der Waals surface area contributed by atoms with Crippen LogP contribution < -0.4 is 11.2 Å². The molecule has 0 aliphatic heterocycles. The lowest BCUT2D eigenvalue weighted by Crippen LogP contribution is -2.27. The summed E-state index contributed by atoms with van der Waals surface area (Å²) in [7, 11) is 0. The van der Waals surface area contributed by atoms with E-state index in [1.54, 1.807) is 0 Å². The van der Waals surface area contributed by atoms with Crippen LogP contribution >= 0.6 is 0 Å². The highest BCUT2D eigenvalue weighted by molar-refractivity contribution is 5.76. The first-order chi connectivity index (χ1) is 20.7. The number of imidazole rings is 2. The third-order valence-corrected chi connectivity index (χ3v) is 7.61. The van der Waals surface area contributed by atoms with Crippen molar-refractivity contribution in [3.8, 4) is 0 Å². The summed E-state index contributed by atoms with van der Waals surface area (Å²) in [6.45, 7) is 4.46. The number of fused-ring (bicyclic) bond motifs is 2. The zero-order valence-electron chi connectivity index (χ0n) is 23.7. The number of hydrogen-bond donors (Lipinski definition) is 2. The van der Waals surface area contributed by atoms with E-state index >= 15 is 0 Å². The smallest absolute Gasteiger partial charge is 0.203 e. The zero-order valence-corrected chi connectivity index (χ0v) is 23.7. The minimum absolute atomic E-state index is 0.467. The van der Waals surface area contributed by atoms with Crippen molar-refractivity contribution in [1.29, 1.82) is 10.8 Å². The van der Waals surface area contributed by atoms with Gasteiger partial charge in [0, 0.05) is 13.1 Å². The molecule has 0 spiro atoms. The predicted molar refractivity (Wildman–Crippen MR) is 164 cm³/mol. The van der Waals surface area contributed by atoms with Gasteiger partial charge in [0.1, 0.15) is 0 Å². The van der Waals surface area contributed by atoms with Gasteiger partial charge in [0.15, 0.2) is 0 Å². The normalized spacial score (nSPS) is 11.5. The molecule has 0 bridgehead atoms. The van der Waals surface area contributed by atoms with Crippen LogP contribution in [-0.4, -0.2) is 44.7 Å². The van der Waals surface area contributed by atoms with Crippen LogP contribution in [0.1, 0.15) is 11.1 Å². The van der Waals surface area contributed by atoms with Crippen molar-refractivity contribution in [1.82, 2.24) is 18.3 Å². The number of aromatic nitrogens is 4. The predicted octanol–water partition coefficient (Wildman–Crippen LogP) is 4.99. The number of para-hydroxylation sites is 4. The Hall–Kier alpha value is -4.66. The molecule has 0 saturated heterocycles. The van der Waals surface area contributed by atoms with Gasteiger partial charge in [0.2, 0.25) is 11.2 Å². The van der Waals surface area contributed by atoms with Crippen molar-refractivity contribution in [3.05, 3.63) is 132 Å². The molecule has 0 fully saturated rings. The maximum atomic E-state index is 8.84. The minimum atomic E-state index is 0.467. The lowest BCUT2D eigenvalue weighted by molar-refractivity contribution is 0.0419. The Kier molecular flexibility index (Phi) is 8.44. The molecule has 0 aliphatic rings. The summed E-state index contributed by atoms with van der Waals surface area (Å²) in [4.78, 5) is 0. The molecule has 0 aliphatic carbocycles. The van der Waals surface area contributed by atoms with Crippen molar-refractivity contribution in [2.24, 2.45) is 0 Å².